The van der Waals surface area contributed by atoms with Crippen LogP contribution in [0.3, 0.4) is 0 Å². The fourth-order valence-electron chi connectivity index (χ4n) is 2.80. The van der Waals surface area contributed by atoms with Crippen molar-refractivity contribution in [2.24, 2.45) is 0 Å². The summed E-state index contributed by atoms with van der Waals surface area (Å²) < 4.78 is 39.5. The zero-order valence-electron chi connectivity index (χ0n) is 15.1. The molecule has 2 heterocycles. The van der Waals surface area contributed by atoms with Crippen molar-refractivity contribution in [2.75, 3.05) is 6.54 Å². The second-order valence-corrected chi connectivity index (χ2v) is 6.75. The van der Waals surface area contributed by atoms with E-state index in [-0.39, 0.29) is 18.1 Å². The molecule has 0 fully saturated rings. The van der Waals surface area contributed by atoms with Crippen LogP contribution in [0.5, 0.6) is 0 Å². The number of amides is 1. The van der Waals surface area contributed by atoms with Gasteiger partial charge in [0.05, 0.1) is 6.42 Å². The summed E-state index contributed by atoms with van der Waals surface area (Å²) in [5.74, 6) is -1.65. The monoisotopic (exact) mass is 411 g/mol. The topological polar surface area (TPSA) is 72.2 Å². The maximum Gasteiger partial charge on any atom is 0.453 e. The second-order valence-electron chi connectivity index (χ2n) is 6.31. The number of fused-ring (bicyclic) bond motifs is 1. The average molecular weight is 412 g/mol. The lowest BCUT2D eigenvalue weighted by molar-refractivity contribution is -0.144. The van der Waals surface area contributed by atoms with Gasteiger partial charge in [0, 0.05) is 28.5 Å². The van der Waals surface area contributed by atoms with Gasteiger partial charge in [0.15, 0.2) is 0 Å². The van der Waals surface area contributed by atoms with Gasteiger partial charge >= 0.3 is 6.18 Å². The van der Waals surface area contributed by atoms with Gasteiger partial charge in [-0.15, -0.1) is 5.10 Å². The zero-order chi connectivity index (χ0) is 20.5. The van der Waals surface area contributed by atoms with Gasteiger partial charge in [-0.2, -0.15) is 18.2 Å². The van der Waals surface area contributed by atoms with Gasteiger partial charge in [-0.1, -0.05) is 23.7 Å². The third-order valence-corrected chi connectivity index (χ3v) is 4.54. The first kappa shape index (κ1) is 20.1. The number of hydrogen-bond donors (Lipinski definition) is 1. The Hall–Kier alpha value is -2.68. The molecule has 1 N–H and O–H groups in total. The molecule has 28 heavy (non-hydrogen) atoms. The van der Waals surface area contributed by atoms with E-state index >= 15 is 0 Å². The van der Waals surface area contributed by atoms with E-state index in [4.69, 9.17) is 11.6 Å². The Morgan fingerprint density at radius 1 is 1.18 bits per heavy atom. The van der Waals surface area contributed by atoms with Crippen molar-refractivity contribution in [3.8, 4) is 0 Å². The van der Waals surface area contributed by atoms with Crippen LogP contribution in [0, 0.1) is 13.8 Å². The van der Waals surface area contributed by atoms with Crippen LogP contribution in [-0.4, -0.2) is 32.0 Å². The van der Waals surface area contributed by atoms with Crippen LogP contribution < -0.4 is 5.32 Å². The number of carbonyl (C=O) groups is 1. The molecule has 6 nitrogen and oxygen atoms in total. The molecule has 0 aliphatic carbocycles. The molecule has 1 amide bonds. The minimum absolute atomic E-state index is 0.0115. The molecular weight excluding hydrogens is 395 g/mol. The van der Waals surface area contributed by atoms with E-state index in [2.05, 4.69) is 20.4 Å². The summed E-state index contributed by atoms with van der Waals surface area (Å²) in [6, 6.07) is 7.31. The van der Waals surface area contributed by atoms with Gasteiger partial charge in [0.1, 0.15) is 0 Å². The van der Waals surface area contributed by atoms with Gasteiger partial charge in [-0.3, -0.25) is 4.79 Å². The van der Waals surface area contributed by atoms with Crippen LogP contribution in [0.15, 0.2) is 24.3 Å². The molecule has 0 bridgehead atoms. The quantitative estimate of drug-likeness (QED) is 0.699. The third-order valence-electron chi connectivity index (χ3n) is 4.29. The van der Waals surface area contributed by atoms with Crippen molar-refractivity contribution in [2.45, 2.75) is 32.9 Å². The number of alkyl halides is 3. The molecule has 0 aliphatic rings. The number of halogens is 4. The number of aromatic nitrogens is 4. The first-order valence-corrected chi connectivity index (χ1v) is 8.84. The number of benzene rings is 1. The summed E-state index contributed by atoms with van der Waals surface area (Å²) in [5.41, 5.74) is 2.40. The zero-order valence-corrected chi connectivity index (χ0v) is 15.9. The molecule has 0 atom stereocenters. The van der Waals surface area contributed by atoms with E-state index < -0.39 is 12.0 Å². The Kier molecular flexibility index (Phi) is 5.55. The fourth-order valence-corrected chi connectivity index (χ4v) is 2.93. The second kappa shape index (κ2) is 7.75. The minimum atomic E-state index is -4.66. The van der Waals surface area contributed by atoms with Crippen LogP contribution in [0.2, 0.25) is 5.02 Å². The number of aryl methyl sites for hydroxylation is 2. The predicted octanol–water partition coefficient (Wildman–Crippen LogP) is 3.31. The molecule has 3 aromatic rings. The molecule has 0 spiro atoms. The number of nitrogens with one attached hydrogen (secondary N) is 1. The normalized spacial score (nSPS) is 11.8. The number of hydrogen-bond acceptors (Lipinski definition) is 4. The Morgan fingerprint density at radius 2 is 1.86 bits per heavy atom. The van der Waals surface area contributed by atoms with Crippen molar-refractivity contribution in [3.63, 3.8) is 0 Å². The van der Waals surface area contributed by atoms with E-state index in [9.17, 15) is 18.0 Å². The van der Waals surface area contributed by atoms with E-state index in [1.54, 1.807) is 26.0 Å². The molecule has 0 aliphatic heterocycles. The van der Waals surface area contributed by atoms with Crippen molar-refractivity contribution < 1.29 is 18.0 Å². The molecule has 0 saturated heterocycles. The first-order valence-electron chi connectivity index (χ1n) is 8.46. The summed E-state index contributed by atoms with van der Waals surface area (Å²) in [5, 5.41) is 6.92. The third kappa shape index (κ3) is 4.41. The highest BCUT2D eigenvalue weighted by Crippen LogP contribution is 2.27. The SMILES string of the molecule is Cc1nc2nc(C(F)(F)F)nn2c(C)c1CC(=O)NCCc1ccc(Cl)cc1. The molecule has 2 aromatic heterocycles. The van der Waals surface area contributed by atoms with Gasteiger partial charge < -0.3 is 5.32 Å². The van der Waals surface area contributed by atoms with Crippen LogP contribution in [0.25, 0.3) is 5.78 Å². The maximum absolute atomic E-state index is 12.8. The summed E-state index contributed by atoms with van der Waals surface area (Å²) in [6.07, 6.45) is -4.04. The molecular formula is C18H17ClF3N5O. The lowest BCUT2D eigenvalue weighted by atomic mass is 10.1. The summed E-state index contributed by atoms with van der Waals surface area (Å²) in [4.78, 5) is 19.8. The van der Waals surface area contributed by atoms with Crippen molar-refractivity contribution >= 4 is 23.3 Å². The van der Waals surface area contributed by atoms with E-state index in [0.717, 1.165) is 10.1 Å². The van der Waals surface area contributed by atoms with Gasteiger partial charge in [0.2, 0.25) is 5.91 Å². The van der Waals surface area contributed by atoms with E-state index in [1.807, 2.05) is 12.1 Å². The average Bonchev–Trinajstić information content (AvgIpc) is 3.05. The summed E-state index contributed by atoms with van der Waals surface area (Å²) >= 11 is 5.83. The lowest BCUT2D eigenvalue weighted by Gasteiger charge is -2.11. The highest BCUT2D eigenvalue weighted by molar-refractivity contribution is 6.30. The number of nitrogens with zero attached hydrogens (tertiary/aromatic N) is 4. The van der Waals surface area contributed by atoms with E-state index in [0.29, 0.717) is 34.9 Å². The molecule has 148 valence electrons. The van der Waals surface area contributed by atoms with Crippen LogP contribution in [0.1, 0.15) is 28.3 Å². The first-order chi connectivity index (χ1) is 13.1. The van der Waals surface area contributed by atoms with Crippen LogP contribution in [0.4, 0.5) is 13.2 Å². The predicted molar refractivity (Wildman–Crippen MR) is 97.1 cm³/mol. The maximum atomic E-state index is 12.8. The fraction of sp³-hybridized carbons (Fsp3) is 0.333. The lowest BCUT2D eigenvalue weighted by Crippen LogP contribution is -2.28. The molecule has 3 rings (SSSR count). The molecule has 1 aromatic carbocycles. The van der Waals surface area contributed by atoms with E-state index in [1.165, 1.54) is 0 Å². The minimum Gasteiger partial charge on any atom is -0.355 e. The van der Waals surface area contributed by atoms with Crippen molar-refractivity contribution in [1.82, 2.24) is 24.9 Å². The molecule has 0 unspecified atom stereocenters. The standard InChI is InChI=1S/C18H17ClF3N5O/c1-10-14(9-15(28)23-8-7-12-3-5-13(19)6-4-12)11(2)27-17(24-10)25-16(26-27)18(20,21)22/h3-6H,7-9H2,1-2H3,(H,23,28). The largest absolute Gasteiger partial charge is 0.453 e. The van der Waals surface area contributed by atoms with Gasteiger partial charge in [0.25, 0.3) is 11.6 Å². The Morgan fingerprint density at radius 3 is 2.50 bits per heavy atom. The Balaban J connectivity index is 1.70. The van der Waals surface area contributed by atoms with Gasteiger partial charge in [-0.25, -0.2) is 9.50 Å². The highest BCUT2D eigenvalue weighted by Gasteiger charge is 2.37. The van der Waals surface area contributed by atoms with Crippen LogP contribution >= 0.6 is 11.6 Å². The Labute approximate surface area is 163 Å². The molecule has 0 radical (unpaired) electrons. The van der Waals surface area contributed by atoms with Crippen LogP contribution in [-0.2, 0) is 23.8 Å². The smallest absolute Gasteiger partial charge is 0.355 e. The van der Waals surface area contributed by atoms with Crippen molar-refractivity contribution in [3.05, 3.63) is 57.6 Å². The Bertz CT molecular complexity index is 1010. The summed E-state index contributed by atoms with van der Waals surface area (Å²) in [6.45, 7) is 3.65. The van der Waals surface area contributed by atoms with Gasteiger partial charge in [-0.05, 0) is 38.0 Å². The molecule has 0 saturated carbocycles. The highest BCUT2D eigenvalue weighted by atomic mass is 35.5. The molecule has 10 heteroatoms. The van der Waals surface area contributed by atoms with Crippen molar-refractivity contribution in [1.29, 1.82) is 0 Å². The summed E-state index contributed by atoms with van der Waals surface area (Å²) in [7, 11) is 0. The number of carbonyl (C=O) groups excluding carboxylic acids is 1. The number of rotatable bonds is 5.